The molecule has 1 atom stereocenters. The van der Waals surface area contributed by atoms with Crippen molar-refractivity contribution < 1.29 is 13.2 Å². The Hall–Kier alpha value is -0.960. The minimum absolute atomic E-state index is 0.00693. The molecule has 0 aromatic carbocycles. The summed E-state index contributed by atoms with van der Waals surface area (Å²) in [5.41, 5.74) is 1.47. The van der Waals surface area contributed by atoms with E-state index in [9.17, 15) is 8.42 Å². The van der Waals surface area contributed by atoms with Crippen molar-refractivity contribution >= 4 is 10.0 Å². The summed E-state index contributed by atoms with van der Waals surface area (Å²) in [4.78, 5) is 0. The lowest BCUT2D eigenvalue weighted by Crippen LogP contribution is -2.37. The first-order chi connectivity index (χ1) is 10.0. The normalized spacial score (nSPS) is 19.5. The number of nitrogens with zero attached hydrogens (tertiary/aromatic N) is 2. The third-order valence-electron chi connectivity index (χ3n) is 3.76. The Morgan fingerprint density at radius 3 is 2.86 bits per heavy atom. The quantitative estimate of drug-likeness (QED) is 0.770. The Labute approximate surface area is 126 Å². The van der Waals surface area contributed by atoms with Crippen LogP contribution >= 0.6 is 0 Å². The number of hydrogen-bond donors (Lipinski definition) is 2. The van der Waals surface area contributed by atoms with Crippen molar-refractivity contribution in [3.8, 4) is 0 Å². The van der Waals surface area contributed by atoms with Gasteiger partial charge >= 0.3 is 0 Å². The van der Waals surface area contributed by atoms with E-state index >= 15 is 0 Å². The maximum Gasteiger partial charge on any atom is 0.262 e. The zero-order chi connectivity index (χ0) is 15.5. The van der Waals surface area contributed by atoms with Gasteiger partial charge in [-0.1, -0.05) is 6.92 Å². The fraction of sp³-hybridized carbons (Fsp3) is 0.769. The molecule has 1 aliphatic rings. The van der Waals surface area contributed by atoms with Crippen LogP contribution in [0.1, 0.15) is 31.0 Å². The van der Waals surface area contributed by atoms with Crippen LogP contribution in [0, 0.1) is 6.92 Å². The molecule has 0 radical (unpaired) electrons. The van der Waals surface area contributed by atoms with Crippen molar-refractivity contribution in [2.24, 2.45) is 0 Å². The number of aryl methyl sites for hydroxylation is 1. The number of likely N-dealkylation sites (N-methyl/N-ethyl adjacent to an activating group) is 1. The summed E-state index contributed by atoms with van der Waals surface area (Å²) in [6, 6.07) is 0. The minimum Gasteiger partial charge on any atom is -0.377 e. The van der Waals surface area contributed by atoms with Gasteiger partial charge in [-0.05, 0) is 26.8 Å². The number of H-pyrrole nitrogens is 1. The molecule has 1 unspecified atom stereocenters. The van der Waals surface area contributed by atoms with Gasteiger partial charge in [0.05, 0.1) is 6.10 Å². The van der Waals surface area contributed by atoms with Crippen LogP contribution in [0.25, 0.3) is 0 Å². The van der Waals surface area contributed by atoms with Crippen LogP contribution in [-0.4, -0.2) is 55.8 Å². The number of aromatic amines is 1. The molecule has 0 aliphatic carbocycles. The Morgan fingerprint density at radius 2 is 2.29 bits per heavy atom. The average Bonchev–Trinajstić information content (AvgIpc) is 3.07. The molecule has 2 heterocycles. The summed E-state index contributed by atoms with van der Waals surface area (Å²) in [6.45, 7) is 5.65. The van der Waals surface area contributed by atoms with Gasteiger partial charge in [0, 0.05) is 37.5 Å². The number of ether oxygens (including phenoxy) is 1. The molecule has 1 saturated heterocycles. The number of nitrogens with one attached hydrogen (secondary N) is 2. The second-order valence-corrected chi connectivity index (χ2v) is 7.11. The minimum atomic E-state index is -3.60. The molecular weight excluding hydrogens is 292 g/mol. The lowest BCUT2D eigenvalue weighted by molar-refractivity contribution is 0.0946. The zero-order valence-electron chi connectivity index (χ0n) is 12.8. The number of sulfonamides is 1. The molecular formula is C13H24N4O3S. The average molecular weight is 316 g/mol. The lowest BCUT2D eigenvalue weighted by Gasteiger charge is -2.22. The zero-order valence-corrected chi connectivity index (χ0v) is 13.7. The summed E-state index contributed by atoms with van der Waals surface area (Å²) >= 11 is 0. The first-order valence-electron chi connectivity index (χ1n) is 7.30. The molecule has 1 aromatic rings. The molecule has 1 aromatic heterocycles. The summed E-state index contributed by atoms with van der Waals surface area (Å²) in [7, 11) is -1.82. The molecule has 21 heavy (non-hydrogen) atoms. The summed E-state index contributed by atoms with van der Waals surface area (Å²) in [6.07, 6.45) is 1.90. The summed E-state index contributed by atoms with van der Waals surface area (Å²) in [5.74, 6) is 0. The largest absolute Gasteiger partial charge is 0.377 e. The molecule has 1 fully saturated rings. The number of rotatable bonds is 7. The van der Waals surface area contributed by atoms with Crippen molar-refractivity contribution in [3.63, 3.8) is 0 Å². The first-order valence-corrected chi connectivity index (χ1v) is 8.74. The topological polar surface area (TPSA) is 87.3 Å². The van der Waals surface area contributed by atoms with Gasteiger partial charge in [-0.3, -0.25) is 5.10 Å². The van der Waals surface area contributed by atoms with Gasteiger partial charge in [0.15, 0.2) is 5.03 Å². The van der Waals surface area contributed by atoms with E-state index in [0.717, 1.165) is 25.1 Å². The fourth-order valence-corrected chi connectivity index (χ4v) is 4.21. The van der Waals surface area contributed by atoms with Gasteiger partial charge < -0.3 is 10.1 Å². The molecule has 0 amide bonds. The number of aromatic nitrogens is 2. The van der Waals surface area contributed by atoms with Crippen LogP contribution in [-0.2, 0) is 21.3 Å². The van der Waals surface area contributed by atoms with Crippen molar-refractivity contribution in [2.75, 3.05) is 26.7 Å². The van der Waals surface area contributed by atoms with E-state index in [0.29, 0.717) is 25.2 Å². The molecule has 8 heteroatoms. The van der Waals surface area contributed by atoms with Gasteiger partial charge in [0.25, 0.3) is 10.0 Å². The highest BCUT2D eigenvalue weighted by Crippen LogP contribution is 2.22. The van der Waals surface area contributed by atoms with Gasteiger partial charge in [-0.15, -0.1) is 0 Å². The molecule has 120 valence electrons. The molecule has 0 bridgehead atoms. The molecule has 2 N–H and O–H groups in total. The fourth-order valence-electron chi connectivity index (χ4n) is 2.56. The third kappa shape index (κ3) is 3.45. The Bertz CT molecular complexity index is 564. The van der Waals surface area contributed by atoms with Crippen LogP contribution < -0.4 is 5.32 Å². The predicted octanol–water partition coefficient (Wildman–Crippen LogP) is 0.627. The maximum absolute atomic E-state index is 12.8. The van der Waals surface area contributed by atoms with Gasteiger partial charge in [-0.25, -0.2) is 8.42 Å². The summed E-state index contributed by atoms with van der Waals surface area (Å²) in [5, 5.41) is 9.89. The van der Waals surface area contributed by atoms with Gasteiger partial charge in [0.1, 0.15) is 0 Å². The van der Waals surface area contributed by atoms with E-state index in [2.05, 4.69) is 15.5 Å². The summed E-state index contributed by atoms with van der Waals surface area (Å²) < 4.78 is 32.6. The second kappa shape index (κ2) is 6.87. The van der Waals surface area contributed by atoms with Crippen LogP contribution in [0.4, 0.5) is 0 Å². The van der Waals surface area contributed by atoms with Crippen LogP contribution in [0.15, 0.2) is 5.03 Å². The van der Waals surface area contributed by atoms with Crippen molar-refractivity contribution in [3.05, 3.63) is 11.3 Å². The Morgan fingerprint density at radius 1 is 1.52 bits per heavy atom. The molecule has 1 aliphatic heterocycles. The smallest absolute Gasteiger partial charge is 0.262 e. The van der Waals surface area contributed by atoms with E-state index in [1.165, 1.54) is 4.31 Å². The monoisotopic (exact) mass is 316 g/mol. The second-order valence-electron chi connectivity index (χ2n) is 5.25. The molecule has 0 saturated carbocycles. The highest BCUT2D eigenvalue weighted by Gasteiger charge is 2.32. The van der Waals surface area contributed by atoms with Crippen molar-refractivity contribution in [2.45, 2.75) is 44.4 Å². The van der Waals surface area contributed by atoms with Crippen LogP contribution in [0.2, 0.25) is 0 Å². The lowest BCUT2D eigenvalue weighted by atomic mass is 10.2. The first kappa shape index (κ1) is 16.4. The molecule has 2 rings (SSSR count). The van der Waals surface area contributed by atoms with Crippen LogP contribution in [0.5, 0.6) is 0 Å². The van der Waals surface area contributed by atoms with E-state index in [1.54, 1.807) is 7.05 Å². The van der Waals surface area contributed by atoms with E-state index < -0.39 is 10.0 Å². The highest BCUT2D eigenvalue weighted by molar-refractivity contribution is 7.89. The van der Waals surface area contributed by atoms with Crippen molar-refractivity contribution in [1.82, 2.24) is 19.8 Å². The highest BCUT2D eigenvalue weighted by atomic mass is 32.2. The number of hydrogen-bond acceptors (Lipinski definition) is 5. The Kier molecular flexibility index (Phi) is 5.37. The van der Waals surface area contributed by atoms with Gasteiger partial charge in [-0.2, -0.15) is 9.40 Å². The van der Waals surface area contributed by atoms with E-state index in [4.69, 9.17) is 4.74 Å². The molecule has 0 spiro atoms. The molecule has 7 nitrogen and oxygen atoms in total. The SMILES string of the molecule is CCN(CC1CCCO1)S(=O)(=O)c1n[nH]c(C)c1CNC. The maximum atomic E-state index is 12.8. The predicted molar refractivity (Wildman–Crippen MR) is 79.5 cm³/mol. The third-order valence-corrected chi connectivity index (χ3v) is 5.67. The van der Waals surface area contributed by atoms with Crippen LogP contribution in [0.3, 0.4) is 0 Å². The van der Waals surface area contributed by atoms with E-state index in [1.807, 2.05) is 13.8 Å². The Balaban J connectivity index is 2.26. The standard InChI is InChI=1S/C13H24N4O3S/c1-4-17(9-11-6-5-7-20-11)21(18,19)13-12(8-14-3)10(2)15-16-13/h11,14H,4-9H2,1-3H3,(H,15,16). The van der Waals surface area contributed by atoms with Gasteiger partial charge in [0.2, 0.25) is 0 Å². The van der Waals surface area contributed by atoms with Crippen molar-refractivity contribution in [1.29, 1.82) is 0 Å². The van der Waals surface area contributed by atoms with E-state index in [-0.39, 0.29) is 11.1 Å².